The number of nitrogens with one attached hydrogen (secondary N) is 2. The summed E-state index contributed by atoms with van der Waals surface area (Å²) >= 11 is 0. The molecule has 0 saturated carbocycles. The van der Waals surface area contributed by atoms with E-state index in [1.807, 2.05) is 6.07 Å². The second-order valence-corrected chi connectivity index (χ2v) is 3.83. The van der Waals surface area contributed by atoms with Crippen LogP contribution in [0.4, 0.5) is 11.5 Å². The van der Waals surface area contributed by atoms with Gasteiger partial charge in [-0.15, -0.1) is 0 Å². The Kier molecular flexibility index (Phi) is 3.22. The first kappa shape index (κ1) is 12.0. The molecular weight excluding hydrogens is 236 g/mol. The third-order valence-corrected chi connectivity index (χ3v) is 2.62. The van der Waals surface area contributed by atoms with Crippen molar-refractivity contribution in [1.82, 2.24) is 9.55 Å². The van der Waals surface area contributed by atoms with Gasteiger partial charge in [0.05, 0.1) is 6.26 Å². The monoisotopic (exact) mass is 250 g/mol. The number of aromatic amines is 1. The van der Waals surface area contributed by atoms with Crippen LogP contribution in [0.1, 0.15) is 5.76 Å². The standard InChI is InChI=1S/C11H14N4O3/c1-15-9(12)8(10(16)14-11(15)17)13-5-4-7-3-2-6-18-7/h2-3,6,13H,4-5,12H2,1H3,(H,14,16,17). The molecule has 0 aromatic carbocycles. The van der Waals surface area contributed by atoms with E-state index in [0.29, 0.717) is 13.0 Å². The van der Waals surface area contributed by atoms with Crippen LogP contribution >= 0.6 is 0 Å². The fourth-order valence-electron chi connectivity index (χ4n) is 1.57. The Morgan fingerprint density at radius 2 is 2.28 bits per heavy atom. The van der Waals surface area contributed by atoms with E-state index in [-0.39, 0.29) is 11.5 Å². The Labute approximate surface area is 102 Å². The van der Waals surface area contributed by atoms with Crippen molar-refractivity contribution in [3.05, 3.63) is 45.0 Å². The van der Waals surface area contributed by atoms with Gasteiger partial charge < -0.3 is 15.5 Å². The number of furan rings is 1. The van der Waals surface area contributed by atoms with Crippen molar-refractivity contribution >= 4 is 11.5 Å². The number of nitrogen functional groups attached to an aromatic ring is 1. The van der Waals surface area contributed by atoms with Gasteiger partial charge in [-0.05, 0) is 12.1 Å². The van der Waals surface area contributed by atoms with Crippen molar-refractivity contribution in [2.45, 2.75) is 6.42 Å². The summed E-state index contributed by atoms with van der Waals surface area (Å²) in [6.07, 6.45) is 2.21. The molecule has 7 nitrogen and oxygen atoms in total. The lowest BCUT2D eigenvalue weighted by Crippen LogP contribution is -2.32. The summed E-state index contributed by atoms with van der Waals surface area (Å²) in [5, 5.41) is 2.90. The summed E-state index contributed by atoms with van der Waals surface area (Å²) in [6.45, 7) is 0.485. The van der Waals surface area contributed by atoms with Gasteiger partial charge in [0.25, 0.3) is 5.56 Å². The highest BCUT2D eigenvalue weighted by Crippen LogP contribution is 2.08. The molecule has 0 aliphatic rings. The zero-order valence-corrected chi connectivity index (χ0v) is 9.90. The van der Waals surface area contributed by atoms with Crippen LogP contribution in [0.25, 0.3) is 0 Å². The van der Waals surface area contributed by atoms with Crippen molar-refractivity contribution in [2.24, 2.45) is 7.05 Å². The van der Waals surface area contributed by atoms with Crippen LogP contribution in [0, 0.1) is 0 Å². The average molecular weight is 250 g/mol. The SMILES string of the molecule is Cn1c(N)c(NCCc2ccco2)c(=O)[nH]c1=O. The normalized spacial score (nSPS) is 10.5. The lowest BCUT2D eigenvalue weighted by Gasteiger charge is -2.09. The van der Waals surface area contributed by atoms with Crippen LogP contribution in [-0.4, -0.2) is 16.1 Å². The predicted octanol–water partition coefficient (Wildman–Crippen LogP) is -0.0966. The highest BCUT2D eigenvalue weighted by Gasteiger charge is 2.09. The summed E-state index contributed by atoms with van der Waals surface area (Å²) in [5.41, 5.74) is 4.85. The van der Waals surface area contributed by atoms with Crippen LogP contribution in [0.2, 0.25) is 0 Å². The molecule has 0 aliphatic carbocycles. The fraction of sp³-hybridized carbons (Fsp3) is 0.273. The minimum absolute atomic E-state index is 0.114. The Morgan fingerprint density at radius 1 is 1.50 bits per heavy atom. The third-order valence-electron chi connectivity index (χ3n) is 2.62. The van der Waals surface area contributed by atoms with E-state index >= 15 is 0 Å². The number of hydrogen-bond donors (Lipinski definition) is 3. The maximum atomic E-state index is 11.6. The zero-order chi connectivity index (χ0) is 13.1. The molecule has 0 aliphatic heterocycles. The van der Waals surface area contributed by atoms with E-state index in [0.717, 1.165) is 5.76 Å². The van der Waals surface area contributed by atoms with Gasteiger partial charge in [-0.2, -0.15) is 0 Å². The molecule has 0 fully saturated rings. The van der Waals surface area contributed by atoms with Gasteiger partial charge in [0.1, 0.15) is 17.3 Å². The maximum absolute atomic E-state index is 11.6. The minimum Gasteiger partial charge on any atom is -0.469 e. The number of anilines is 2. The molecule has 2 aromatic rings. The predicted molar refractivity (Wildman–Crippen MR) is 67.6 cm³/mol. The number of nitrogens with two attached hydrogens (primary N) is 1. The minimum atomic E-state index is -0.533. The van der Waals surface area contributed by atoms with Gasteiger partial charge in [-0.25, -0.2) is 4.79 Å². The van der Waals surface area contributed by atoms with Gasteiger partial charge in [-0.3, -0.25) is 14.3 Å². The molecule has 4 N–H and O–H groups in total. The van der Waals surface area contributed by atoms with E-state index in [4.69, 9.17) is 10.2 Å². The third kappa shape index (κ3) is 2.29. The number of rotatable bonds is 4. The lowest BCUT2D eigenvalue weighted by molar-refractivity contribution is 0.513. The molecule has 0 atom stereocenters. The first-order chi connectivity index (χ1) is 8.59. The number of hydrogen-bond acceptors (Lipinski definition) is 5. The van der Waals surface area contributed by atoms with Crippen molar-refractivity contribution in [3.8, 4) is 0 Å². The van der Waals surface area contributed by atoms with Crippen molar-refractivity contribution < 1.29 is 4.42 Å². The molecule has 0 bridgehead atoms. The average Bonchev–Trinajstić information content (AvgIpc) is 2.84. The molecule has 18 heavy (non-hydrogen) atoms. The topological polar surface area (TPSA) is 106 Å². The highest BCUT2D eigenvalue weighted by molar-refractivity contribution is 5.60. The van der Waals surface area contributed by atoms with Crippen LogP contribution in [0.15, 0.2) is 32.4 Å². The van der Waals surface area contributed by atoms with E-state index in [9.17, 15) is 9.59 Å². The quantitative estimate of drug-likeness (QED) is 0.702. The van der Waals surface area contributed by atoms with Crippen LogP contribution in [0.3, 0.4) is 0 Å². The Morgan fingerprint density at radius 3 is 2.94 bits per heavy atom. The first-order valence-corrected chi connectivity index (χ1v) is 5.44. The Balaban J connectivity index is 2.12. The molecule has 0 spiro atoms. The van der Waals surface area contributed by atoms with E-state index < -0.39 is 11.2 Å². The van der Waals surface area contributed by atoms with Gasteiger partial charge >= 0.3 is 5.69 Å². The summed E-state index contributed by atoms with van der Waals surface area (Å²) in [4.78, 5) is 25.0. The van der Waals surface area contributed by atoms with Gasteiger partial charge in [-0.1, -0.05) is 0 Å². The van der Waals surface area contributed by atoms with E-state index in [2.05, 4.69) is 10.3 Å². The van der Waals surface area contributed by atoms with Crippen molar-refractivity contribution in [2.75, 3.05) is 17.6 Å². The molecule has 0 amide bonds. The van der Waals surface area contributed by atoms with Crippen LogP contribution in [-0.2, 0) is 13.5 Å². The number of aromatic nitrogens is 2. The van der Waals surface area contributed by atoms with Gasteiger partial charge in [0, 0.05) is 20.0 Å². The number of nitrogens with zero attached hydrogens (tertiary/aromatic N) is 1. The van der Waals surface area contributed by atoms with E-state index in [1.165, 1.54) is 11.6 Å². The molecule has 7 heteroatoms. The molecule has 0 saturated heterocycles. The van der Waals surface area contributed by atoms with Gasteiger partial charge in [0.15, 0.2) is 0 Å². The molecule has 0 radical (unpaired) electrons. The number of H-pyrrole nitrogens is 1. The van der Waals surface area contributed by atoms with Crippen molar-refractivity contribution in [1.29, 1.82) is 0 Å². The molecular formula is C11H14N4O3. The lowest BCUT2D eigenvalue weighted by atomic mass is 10.3. The second kappa shape index (κ2) is 4.82. The van der Waals surface area contributed by atoms with Gasteiger partial charge in [0.2, 0.25) is 0 Å². The largest absolute Gasteiger partial charge is 0.469 e. The smallest absolute Gasteiger partial charge is 0.329 e. The molecule has 2 heterocycles. The summed E-state index contributed by atoms with van der Waals surface area (Å²) < 4.78 is 6.34. The van der Waals surface area contributed by atoms with Crippen LogP contribution in [0.5, 0.6) is 0 Å². The molecule has 0 unspecified atom stereocenters. The van der Waals surface area contributed by atoms with Crippen molar-refractivity contribution in [3.63, 3.8) is 0 Å². The summed E-state index contributed by atoms with van der Waals surface area (Å²) in [6, 6.07) is 3.64. The van der Waals surface area contributed by atoms with Crippen LogP contribution < -0.4 is 22.3 Å². The highest BCUT2D eigenvalue weighted by atomic mass is 16.3. The summed E-state index contributed by atoms with van der Waals surface area (Å²) in [7, 11) is 1.49. The second-order valence-electron chi connectivity index (χ2n) is 3.83. The maximum Gasteiger partial charge on any atom is 0.329 e. The molecule has 96 valence electrons. The van der Waals surface area contributed by atoms with E-state index in [1.54, 1.807) is 12.3 Å². The molecule has 2 aromatic heterocycles. The first-order valence-electron chi connectivity index (χ1n) is 5.44. The fourth-order valence-corrected chi connectivity index (χ4v) is 1.57. The summed E-state index contributed by atoms with van der Waals surface area (Å²) in [5.74, 6) is 0.922. The zero-order valence-electron chi connectivity index (χ0n) is 9.90. The molecule has 2 rings (SSSR count). The Hall–Kier alpha value is -2.44. The Bertz CT molecular complexity index is 639.